The molecule has 0 fully saturated rings. The van der Waals surface area contributed by atoms with E-state index < -0.39 is 0 Å². The minimum absolute atomic E-state index is 0.325. The zero-order valence-corrected chi connectivity index (χ0v) is 4.36. The molecule has 0 atom stereocenters. The monoisotopic (exact) mass is 112 g/mol. The molecule has 0 aromatic rings. The molecule has 0 bridgehead atoms. The Morgan fingerprint density at radius 1 is 1.80 bits per heavy atom. The molecule has 0 radical (unpaired) electrons. The molecular weight excluding hydrogens is 107 g/mol. The number of halogens is 1. The molecule has 0 heterocycles. The standard InChI is InChI=1S/C2H5FS2/c3-5-2-1-4/h4H,1-2H2. The molecule has 0 spiro atoms. The van der Waals surface area contributed by atoms with Gasteiger partial charge < -0.3 is 0 Å². The second kappa shape index (κ2) is 4.63. The first-order valence-corrected chi connectivity index (χ1v) is 2.78. The van der Waals surface area contributed by atoms with Crippen LogP contribution in [-0.2, 0) is 0 Å². The minimum atomic E-state index is 0.325. The first kappa shape index (κ1) is 5.63. The third kappa shape index (κ3) is 4.63. The lowest BCUT2D eigenvalue weighted by atomic mass is 11.0. The Labute approximate surface area is 40.8 Å². The molecule has 0 nitrogen and oxygen atoms in total. The fraction of sp³-hybridized carbons (Fsp3) is 1.00. The van der Waals surface area contributed by atoms with E-state index in [4.69, 9.17) is 0 Å². The van der Waals surface area contributed by atoms with Crippen LogP contribution < -0.4 is 0 Å². The van der Waals surface area contributed by atoms with Gasteiger partial charge in [-0.3, -0.25) is 0 Å². The normalized spacial score (nSPS) is 8.40. The van der Waals surface area contributed by atoms with Gasteiger partial charge in [0.05, 0.1) is 0 Å². The highest BCUT2D eigenvalue weighted by molar-refractivity contribution is 7.95. The van der Waals surface area contributed by atoms with Crippen molar-refractivity contribution >= 4 is 24.8 Å². The van der Waals surface area contributed by atoms with Crippen molar-refractivity contribution in [3.8, 4) is 0 Å². The third-order valence-electron chi connectivity index (χ3n) is 0.168. The van der Waals surface area contributed by atoms with E-state index in [1.165, 1.54) is 0 Å². The van der Waals surface area contributed by atoms with Crippen LogP contribution in [0.25, 0.3) is 0 Å². The molecule has 5 heavy (non-hydrogen) atoms. The van der Waals surface area contributed by atoms with Crippen molar-refractivity contribution in [2.24, 2.45) is 0 Å². The summed E-state index contributed by atoms with van der Waals surface area (Å²) in [7, 11) is 0. The smallest absolute Gasteiger partial charge is 0.0451 e. The molecule has 0 aliphatic heterocycles. The molecule has 0 aliphatic carbocycles. The van der Waals surface area contributed by atoms with E-state index in [-0.39, 0.29) is 0 Å². The fourth-order valence-corrected chi connectivity index (χ4v) is 0.311. The van der Waals surface area contributed by atoms with Crippen molar-refractivity contribution in [3.63, 3.8) is 0 Å². The van der Waals surface area contributed by atoms with Crippen LogP contribution in [0.5, 0.6) is 0 Å². The number of hydrogen-bond donors (Lipinski definition) is 1. The van der Waals surface area contributed by atoms with Crippen LogP contribution in [0.3, 0.4) is 0 Å². The SMILES string of the molecule is FSCCS. The van der Waals surface area contributed by atoms with Gasteiger partial charge in [0, 0.05) is 23.7 Å². The lowest BCUT2D eigenvalue weighted by molar-refractivity contribution is 0.937. The quantitative estimate of drug-likeness (QED) is 0.529. The number of rotatable bonds is 2. The average molecular weight is 112 g/mol. The second-order valence-corrected chi connectivity index (χ2v) is 1.61. The van der Waals surface area contributed by atoms with Gasteiger partial charge in [-0.1, -0.05) is 0 Å². The van der Waals surface area contributed by atoms with Crippen molar-refractivity contribution < 1.29 is 3.89 Å². The van der Waals surface area contributed by atoms with Crippen LogP contribution in [0.2, 0.25) is 0 Å². The molecule has 0 saturated carbocycles. The highest BCUT2D eigenvalue weighted by Crippen LogP contribution is 1.97. The van der Waals surface area contributed by atoms with Crippen molar-refractivity contribution in [2.45, 2.75) is 0 Å². The molecule has 0 saturated heterocycles. The van der Waals surface area contributed by atoms with Crippen LogP contribution in [0.4, 0.5) is 3.89 Å². The lowest BCUT2D eigenvalue weighted by Crippen LogP contribution is -1.69. The molecule has 32 valence electrons. The topological polar surface area (TPSA) is 0 Å². The highest BCUT2D eigenvalue weighted by atomic mass is 32.2. The predicted octanol–water partition coefficient (Wildman–Crippen LogP) is 1.53. The molecule has 0 unspecified atom stereocenters. The molecule has 0 aliphatic rings. The van der Waals surface area contributed by atoms with E-state index in [1.54, 1.807) is 0 Å². The Morgan fingerprint density at radius 2 is 2.40 bits per heavy atom. The number of hydrogen-bond acceptors (Lipinski definition) is 2. The average Bonchev–Trinajstić information content (AvgIpc) is 1.41. The Balaban J connectivity index is 2.19. The minimum Gasteiger partial charge on any atom is -0.178 e. The van der Waals surface area contributed by atoms with Gasteiger partial charge in [-0.2, -0.15) is 16.5 Å². The Kier molecular flexibility index (Phi) is 5.21. The zero-order chi connectivity index (χ0) is 4.12. The molecule has 0 N–H and O–H groups in total. The molecular formula is C2H5FS2. The van der Waals surface area contributed by atoms with Gasteiger partial charge in [0.2, 0.25) is 0 Å². The van der Waals surface area contributed by atoms with Gasteiger partial charge in [-0.25, -0.2) is 0 Å². The van der Waals surface area contributed by atoms with Crippen LogP contribution >= 0.6 is 24.8 Å². The van der Waals surface area contributed by atoms with Gasteiger partial charge in [0.1, 0.15) is 0 Å². The number of thiol groups is 1. The fourth-order valence-electron chi connectivity index (χ4n) is 0.0345. The predicted molar refractivity (Wildman–Crippen MR) is 27.4 cm³/mol. The summed E-state index contributed by atoms with van der Waals surface area (Å²) < 4.78 is 10.9. The lowest BCUT2D eigenvalue weighted by Gasteiger charge is -1.74. The summed E-state index contributed by atoms with van der Waals surface area (Å²) in [6, 6.07) is 0. The maximum absolute atomic E-state index is 10.9. The maximum atomic E-state index is 10.9. The largest absolute Gasteiger partial charge is 0.178 e. The van der Waals surface area contributed by atoms with E-state index in [9.17, 15) is 3.89 Å². The van der Waals surface area contributed by atoms with Crippen molar-refractivity contribution in [2.75, 3.05) is 11.5 Å². The maximum Gasteiger partial charge on any atom is 0.0451 e. The summed E-state index contributed by atoms with van der Waals surface area (Å²) in [5.41, 5.74) is 0. The Bertz CT molecular complexity index is 15.1. The van der Waals surface area contributed by atoms with Gasteiger partial charge in [0.25, 0.3) is 0 Å². The second-order valence-electron chi connectivity index (χ2n) is 0.537. The molecule has 0 aromatic carbocycles. The van der Waals surface area contributed by atoms with Crippen LogP contribution in [0.1, 0.15) is 0 Å². The molecule has 3 heteroatoms. The van der Waals surface area contributed by atoms with Gasteiger partial charge >= 0.3 is 0 Å². The summed E-state index contributed by atoms with van der Waals surface area (Å²) in [5.74, 6) is 1.13. The van der Waals surface area contributed by atoms with Crippen molar-refractivity contribution in [1.29, 1.82) is 0 Å². The van der Waals surface area contributed by atoms with Crippen LogP contribution in [-0.4, -0.2) is 11.5 Å². The van der Waals surface area contributed by atoms with Crippen LogP contribution in [0.15, 0.2) is 0 Å². The Morgan fingerprint density at radius 3 is 2.40 bits per heavy atom. The first-order valence-electron chi connectivity index (χ1n) is 1.26. The summed E-state index contributed by atoms with van der Waals surface area (Å²) in [6.07, 6.45) is 0. The molecule has 0 amide bonds. The molecule has 0 aromatic heterocycles. The van der Waals surface area contributed by atoms with E-state index in [1.807, 2.05) is 0 Å². The third-order valence-corrected chi connectivity index (χ3v) is 1.05. The van der Waals surface area contributed by atoms with E-state index in [0.29, 0.717) is 23.7 Å². The Hall–Kier alpha value is 0.630. The highest BCUT2D eigenvalue weighted by Gasteiger charge is 1.73. The summed E-state index contributed by atoms with van der Waals surface area (Å²) in [6.45, 7) is 0. The van der Waals surface area contributed by atoms with Crippen molar-refractivity contribution in [1.82, 2.24) is 0 Å². The van der Waals surface area contributed by atoms with Crippen LogP contribution in [0, 0.1) is 0 Å². The summed E-state index contributed by atoms with van der Waals surface area (Å²) in [5, 5.41) is 0. The van der Waals surface area contributed by atoms with E-state index in [0.717, 1.165) is 0 Å². The molecule has 0 rings (SSSR count). The van der Waals surface area contributed by atoms with E-state index in [2.05, 4.69) is 12.6 Å². The summed E-state index contributed by atoms with van der Waals surface area (Å²) in [4.78, 5) is 0. The zero-order valence-electron chi connectivity index (χ0n) is 2.65. The van der Waals surface area contributed by atoms with E-state index >= 15 is 0 Å². The van der Waals surface area contributed by atoms with Gasteiger partial charge in [-0.15, -0.1) is 0 Å². The summed E-state index contributed by atoms with van der Waals surface area (Å²) >= 11 is 4.07. The first-order chi connectivity index (χ1) is 2.41. The van der Waals surface area contributed by atoms with Gasteiger partial charge in [-0.05, 0) is 0 Å². The van der Waals surface area contributed by atoms with Gasteiger partial charge in [0.15, 0.2) is 0 Å². The van der Waals surface area contributed by atoms with Crippen molar-refractivity contribution in [3.05, 3.63) is 0 Å².